The molecule has 1 N–H and O–H groups in total. The summed E-state index contributed by atoms with van der Waals surface area (Å²) in [6.07, 6.45) is 0.499. The lowest BCUT2D eigenvalue weighted by Crippen LogP contribution is -2.40. The number of rotatable bonds is 9. The second kappa shape index (κ2) is 11.8. The zero-order valence-electron chi connectivity index (χ0n) is 24.5. The van der Waals surface area contributed by atoms with Gasteiger partial charge in [0.05, 0.1) is 17.2 Å². The van der Waals surface area contributed by atoms with Gasteiger partial charge in [0.25, 0.3) is 5.79 Å². The summed E-state index contributed by atoms with van der Waals surface area (Å²) in [6, 6.07) is 16.2. The van der Waals surface area contributed by atoms with Gasteiger partial charge in [-0.1, -0.05) is 36.4 Å². The van der Waals surface area contributed by atoms with Crippen LogP contribution in [0.5, 0.6) is 11.5 Å². The predicted octanol–water partition coefficient (Wildman–Crippen LogP) is 8.43. The van der Waals surface area contributed by atoms with Crippen LogP contribution < -0.4 is 14.4 Å². The number of anilines is 1. The van der Waals surface area contributed by atoms with Crippen LogP contribution >= 0.6 is 11.6 Å². The maximum Gasteiger partial charge on any atom is 0.335 e. The van der Waals surface area contributed by atoms with Gasteiger partial charge in [-0.3, -0.25) is 0 Å². The van der Waals surface area contributed by atoms with E-state index in [0.29, 0.717) is 30.1 Å². The Hall–Kier alpha value is -4.47. The van der Waals surface area contributed by atoms with Gasteiger partial charge in [-0.2, -0.15) is 0 Å². The molecule has 2 aliphatic heterocycles. The molecule has 6 nitrogen and oxygen atoms in total. The summed E-state index contributed by atoms with van der Waals surface area (Å²) in [4.78, 5) is 13.4. The number of carboxylic acid groups (broad SMARTS) is 1. The third-order valence-corrected chi connectivity index (χ3v) is 8.38. The minimum absolute atomic E-state index is 0.0844. The molecule has 6 rings (SSSR count). The summed E-state index contributed by atoms with van der Waals surface area (Å²) < 4.78 is 64.0. The molecule has 1 fully saturated rings. The van der Waals surface area contributed by atoms with Crippen molar-refractivity contribution in [2.75, 3.05) is 18.1 Å². The van der Waals surface area contributed by atoms with Crippen LogP contribution in [-0.2, 0) is 16.9 Å². The zero-order valence-corrected chi connectivity index (χ0v) is 25.3. The molecule has 2 atom stereocenters. The van der Waals surface area contributed by atoms with Gasteiger partial charge in [0, 0.05) is 54.0 Å². The molecule has 4 aromatic rings. The van der Waals surface area contributed by atoms with Crippen molar-refractivity contribution >= 4 is 23.3 Å². The molecule has 0 aliphatic carbocycles. The number of fused-ring (bicyclic) bond motifs is 1. The second-order valence-electron chi connectivity index (χ2n) is 11.3. The van der Waals surface area contributed by atoms with E-state index in [1.807, 2.05) is 6.92 Å². The molecule has 1 saturated heterocycles. The molecule has 45 heavy (non-hydrogen) atoms. The van der Waals surface area contributed by atoms with Crippen molar-refractivity contribution in [1.82, 2.24) is 0 Å². The number of benzene rings is 4. The molecule has 232 valence electrons. The fraction of sp³-hybridized carbons (Fsp3) is 0.229. The van der Waals surface area contributed by atoms with Crippen LogP contribution in [0.15, 0.2) is 79.0 Å². The number of para-hydroxylation sites is 1. The Morgan fingerprint density at radius 1 is 1.04 bits per heavy atom. The minimum Gasteiger partial charge on any atom is -0.478 e. The summed E-state index contributed by atoms with van der Waals surface area (Å²) in [5.41, 5.74) is 2.28. The average Bonchev–Trinajstić information content (AvgIpc) is 3.31. The molecule has 2 heterocycles. The highest BCUT2D eigenvalue weighted by Crippen LogP contribution is 2.50. The zero-order chi connectivity index (χ0) is 32.0. The molecule has 10 heteroatoms. The van der Waals surface area contributed by atoms with Gasteiger partial charge in [-0.15, -0.1) is 0 Å². The summed E-state index contributed by atoms with van der Waals surface area (Å²) in [6.45, 7) is 8.47. The van der Waals surface area contributed by atoms with Crippen LogP contribution in [0.1, 0.15) is 40.4 Å². The quantitative estimate of drug-likeness (QED) is 0.199. The lowest BCUT2D eigenvalue weighted by atomic mass is 9.99. The Bertz CT molecular complexity index is 1820. The first-order chi connectivity index (χ1) is 21.4. The van der Waals surface area contributed by atoms with Crippen LogP contribution in [0.4, 0.5) is 18.9 Å². The highest BCUT2D eigenvalue weighted by molar-refractivity contribution is 6.30. The Morgan fingerprint density at radius 2 is 1.78 bits per heavy atom. The number of carboxylic acids is 1. The highest BCUT2D eigenvalue weighted by atomic mass is 35.5. The number of allylic oxidation sites excluding steroid dienone is 1. The predicted molar refractivity (Wildman–Crippen MR) is 164 cm³/mol. The van der Waals surface area contributed by atoms with Gasteiger partial charge in [0.2, 0.25) is 0 Å². The van der Waals surface area contributed by atoms with Gasteiger partial charge in [-0.05, 0) is 73.0 Å². The van der Waals surface area contributed by atoms with Gasteiger partial charge < -0.3 is 24.2 Å². The Balaban J connectivity index is 1.30. The highest BCUT2D eigenvalue weighted by Gasteiger charge is 2.42. The van der Waals surface area contributed by atoms with Crippen molar-refractivity contribution in [3.63, 3.8) is 0 Å². The Morgan fingerprint density at radius 3 is 2.42 bits per heavy atom. The third-order valence-electron chi connectivity index (χ3n) is 8.14. The lowest BCUT2D eigenvalue weighted by Gasteiger charge is -2.36. The smallest absolute Gasteiger partial charge is 0.335 e. The monoisotopic (exact) mass is 635 g/mol. The summed E-state index contributed by atoms with van der Waals surface area (Å²) in [5, 5.41) is 9.77. The van der Waals surface area contributed by atoms with Crippen molar-refractivity contribution < 1.29 is 37.3 Å². The third kappa shape index (κ3) is 5.85. The molecular formula is C35H29ClF3NO5. The van der Waals surface area contributed by atoms with Crippen molar-refractivity contribution in [1.29, 1.82) is 0 Å². The molecule has 0 saturated carbocycles. The van der Waals surface area contributed by atoms with E-state index in [9.17, 15) is 14.3 Å². The maximum absolute atomic E-state index is 15.7. The number of aryl methyl sites for hydroxylation is 1. The van der Waals surface area contributed by atoms with Crippen LogP contribution in [0.2, 0.25) is 5.02 Å². The largest absolute Gasteiger partial charge is 0.478 e. The van der Waals surface area contributed by atoms with Crippen molar-refractivity contribution in [3.05, 3.63) is 124 Å². The fourth-order valence-corrected chi connectivity index (χ4v) is 5.77. The molecule has 0 bridgehead atoms. The Labute approximate surface area is 263 Å². The maximum atomic E-state index is 15.7. The average molecular weight is 636 g/mol. The van der Waals surface area contributed by atoms with Crippen molar-refractivity contribution in [2.24, 2.45) is 0 Å². The summed E-state index contributed by atoms with van der Waals surface area (Å²) >= 11 is 5.91. The van der Waals surface area contributed by atoms with E-state index in [2.05, 4.69) is 6.58 Å². The van der Waals surface area contributed by atoms with Crippen molar-refractivity contribution in [2.45, 2.75) is 38.6 Å². The lowest BCUT2D eigenvalue weighted by molar-refractivity contribution is -0.0705. The minimum atomic E-state index is -1.54. The molecule has 0 radical (unpaired) electrons. The van der Waals surface area contributed by atoms with Crippen LogP contribution in [0.25, 0.3) is 11.1 Å². The van der Waals surface area contributed by atoms with Gasteiger partial charge in [0.1, 0.15) is 17.5 Å². The van der Waals surface area contributed by atoms with E-state index < -0.39 is 29.2 Å². The molecule has 0 spiro atoms. The van der Waals surface area contributed by atoms with Gasteiger partial charge in [-0.25, -0.2) is 18.0 Å². The normalized spacial score (nSPS) is 18.4. The second-order valence-corrected chi connectivity index (χ2v) is 11.7. The molecule has 0 aromatic heterocycles. The van der Waals surface area contributed by atoms with Gasteiger partial charge in [0.15, 0.2) is 11.5 Å². The summed E-state index contributed by atoms with van der Waals surface area (Å²) in [7, 11) is 0. The standard InChI is InChI=1S/C35H29ClF3NO5/c1-19-7-8-21(34(41)42)16-31(19)40(18-24-11-12-43-24)20(2)13-26-28(37)14-22(15-29(26)38)25-5-4-6-32-33(25)45-35(3,44-32)27-10-9-23(36)17-30(27)39/h4-10,14-17,24H,2,11-13,18H2,1,3H3,(H,41,42). The molecular weight excluding hydrogens is 607 g/mol. The first-order valence-corrected chi connectivity index (χ1v) is 14.7. The van der Waals surface area contributed by atoms with E-state index >= 15 is 8.78 Å². The number of halogens is 4. The number of carbonyl (C=O) groups is 1. The molecule has 2 aliphatic rings. The van der Waals surface area contributed by atoms with E-state index in [1.165, 1.54) is 36.4 Å². The SMILES string of the molecule is C=C(Cc1c(F)cc(-c2cccc3c2OC(C)(c2ccc(Cl)cc2F)O3)cc1F)N(CC1CCO1)c1cc(C(=O)O)ccc1C. The number of hydrogen-bond acceptors (Lipinski definition) is 5. The topological polar surface area (TPSA) is 68.2 Å². The van der Waals surface area contributed by atoms with E-state index in [0.717, 1.165) is 18.1 Å². The number of aromatic carboxylic acids is 1. The molecule has 0 amide bonds. The number of nitrogens with zero attached hydrogens (tertiary/aromatic N) is 1. The summed E-state index contributed by atoms with van der Waals surface area (Å²) in [5.74, 6) is -4.35. The first kappa shape index (κ1) is 30.6. The molecule has 4 aromatic carbocycles. The first-order valence-electron chi connectivity index (χ1n) is 14.3. The fourth-order valence-electron chi connectivity index (χ4n) is 5.61. The van der Waals surface area contributed by atoms with Gasteiger partial charge >= 0.3 is 5.97 Å². The Kier molecular flexibility index (Phi) is 8.01. The number of ether oxygens (including phenoxy) is 3. The molecule has 2 unspecified atom stereocenters. The van der Waals surface area contributed by atoms with Crippen LogP contribution in [0.3, 0.4) is 0 Å². The number of hydrogen-bond donors (Lipinski definition) is 1. The van der Waals surface area contributed by atoms with E-state index in [4.69, 9.17) is 25.8 Å². The van der Waals surface area contributed by atoms with Crippen LogP contribution in [0, 0.1) is 24.4 Å². The van der Waals surface area contributed by atoms with E-state index in [1.54, 1.807) is 36.1 Å². The van der Waals surface area contributed by atoms with E-state index in [-0.39, 0.29) is 51.3 Å². The van der Waals surface area contributed by atoms with Crippen LogP contribution in [-0.4, -0.2) is 30.3 Å². The van der Waals surface area contributed by atoms with Crippen molar-refractivity contribution in [3.8, 4) is 22.6 Å².